The smallest absolute Gasteiger partial charge is 0.339 e. The van der Waals surface area contributed by atoms with Gasteiger partial charge in [-0.3, -0.25) is 4.90 Å². The first-order chi connectivity index (χ1) is 12.2. The van der Waals surface area contributed by atoms with Crippen LogP contribution in [0.15, 0.2) is 54.6 Å². The number of nitrogens with zero attached hydrogens (tertiary/aromatic N) is 1. The fraction of sp³-hybridized carbons (Fsp3) is 0.318. The maximum atomic E-state index is 12.9. The lowest BCUT2D eigenvalue weighted by Crippen LogP contribution is -2.36. The monoisotopic (exact) mass is 371 g/mol. The normalized spacial score (nSPS) is 12.2. The second kappa shape index (κ2) is 9.02. The summed E-state index contributed by atoms with van der Waals surface area (Å²) >= 11 is 0. The zero-order chi connectivity index (χ0) is 17.8. The maximum Gasteiger partial charge on any atom is 0.339 e. The highest BCUT2D eigenvalue weighted by molar-refractivity contribution is 6.16. The molecule has 3 nitrogen and oxygen atoms in total. The molecule has 0 saturated heterocycles. The highest BCUT2D eigenvalue weighted by Gasteiger charge is 2.18. The average Bonchev–Trinajstić information content (AvgIpc) is 2.65. The second-order valence-electron chi connectivity index (χ2n) is 6.36. The fourth-order valence-electron chi connectivity index (χ4n) is 3.45. The molecule has 1 unspecified atom stereocenters. The van der Waals surface area contributed by atoms with E-state index in [1.165, 1.54) is 0 Å². The van der Waals surface area contributed by atoms with Gasteiger partial charge in [-0.25, -0.2) is 4.79 Å². The molecular formula is C22H26ClNO2. The molecule has 0 aliphatic carbocycles. The average molecular weight is 372 g/mol. The predicted molar refractivity (Wildman–Crippen MR) is 111 cm³/mol. The topological polar surface area (TPSA) is 29.5 Å². The van der Waals surface area contributed by atoms with Crippen LogP contribution in [0, 0.1) is 0 Å². The Hall–Kier alpha value is -2.10. The van der Waals surface area contributed by atoms with Crippen LogP contribution in [0.5, 0.6) is 0 Å². The van der Waals surface area contributed by atoms with Gasteiger partial charge in [-0.15, -0.1) is 12.4 Å². The molecule has 1 atom stereocenters. The van der Waals surface area contributed by atoms with Crippen LogP contribution in [0.2, 0.25) is 0 Å². The van der Waals surface area contributed by atoms with Crippen LogP contribution in [0.1, 0.15) is 31.1 Å². The van der Waals surface area contributed by atoms with Gasteiger partial charge < -0.3 is 4.74 Å². The molecule has 0 heterocycles. The molecule has 3 aromatic carbocycles. The lowest BCUT2D eigenvalue weighted by molar-refractivity contribution is 0.0386. The first kappa shape index (κ1) is 20.2. The Morgan fingerprint density at radius 1 is 0.962 bits per heavy atom. The van der Waals surface area contributed by atoms with Crippen molar-refractivity contribution in [3.8, 4) is 0 Å². The van der Waals surface area contributed by atoms with E-state index in [1.807, 2.05) is 48.5 Å². The van der Waals surface area contributed by atoms with Gasteiger partial charge in [0.05, 0.1) is 5.56 Å². The number of carbonyl (C=O) groups excluding carboxylic acids is 1. The van der Waals surface area contributed by atoms with Crippen molar-refractivity contribution >= 4 is 39.9 Å². The van der Waals surface area contributed by atoms with Gasteiger partial charge in [0, 0.05) is 6.04 Å². The summed E-state index contributed by atoms with van der Waals surface area (Å²) in [6.45, 7) is 8.65. The van der Waals surface area contributed by atoms with E-state index < -0.39 is 0 Å². The number of carbonyl (C=O) groups is 1. The van der Waals surface area contributed by atoms with E-state index in [0.29, 0.717) is 12.2 Å². The summed E-state index contributed by atoms with van der Waals surface area (Å²) in [4.78, 5) is 15.2. The minimum Gasteiger partial charge on any atom is -0.460 e. The lowest BCUT2D eigenvalue weighted by atomic mass is 9.97. The van der Waals surface area contributed by atoms with Crippen LogP contribution in [0.25, 0.3) is 21.5 Å². The molecule has 0 fully saturated rings. The van der Waals surface area contributed by atoms with Gasteiger partial charge in [-0.2, -0.15) is 0 Å². The summed E-state index contributed by atoms with van der Waals surface area (Å²) in [6.07, 6.45) is 0. The summed E-state index contributed by atoms with van der Waals surface area (Å²) in [6, 6.07) is 18.3. The van der Waals surface area contributed by atoms with Crippen LogP contribution in [0.4, 0.5) is 0 Å². The van der Waals surface area contributed by atoms with Gasteiger partial charge >= 0.3 is 5.97 Å². The van der Waals surface area contributed by atoms with Gasteiger partial charge in [0.15, 0.2) is 0 Å². The lowest BCUT2D eigenvalue weighted by Gasteiger charge is -2.26. The molecule has 0 aliphatic heterocycles. The molecule has 4 heteroatoms. The molecule has 138 valence electrons. The number of rotatable bonds is 6. The van der Waals surface area contributed by atoms with Gasteiger partial charge in [0.1, 0.15) is 6.61 Å². The van der Waals surface area contributed by atoms with Crippen molar-refractivity contribution in [2.45, 2.75) is 26.8 Å². The minimum absolute atomic E-state index is 0. The zero-order valence-electron chi connectivity index (χ0n) is 15.6. The van der Waals surface area contributed by atoms with E-state index in [1.54, 1.807) is 0 Å². The SMILES string of the molecule is CCN(CC)C(C)COC(=O)c1c2ccccc2cc2ccccc12.Cl. The van der Waals surface area contributed by atoms with Gasteiger partial charge in [0.25, 0.3) is 0 Å². The zero-order valence-corrected chi connectivity index (χ0v) is 16.4. The van der Waals surface area contributed by atoms with E-state index in [4.69, 9.17) is 4.74 Å². The van der Waals surface area contributed by atoms with Crippen molar-refractivity contribution in [2.24, 2.45) is 0 Å². The predicted octanol–water partition coefficient (Wildman–Crippen LogP) is 5.30. The Morgan fingerprint density at radius 3 is 1.96 bits per heavy atom. The Kier molecular flexibility index (Phi) is 7.01. The molecule has 3 aromatic rings. The quantitative estimate of drug-likeness (QED) is 0.435. The van der Waals surface area contributed by atoms with E-state index in [9.17, 15) is 4.79 Å². The molecule has 0 aromatic heterocycles. The summed E-state index contributed by atoms with van der Waals surface area (Å²) in [7, 11) is 0. The molecule has 0 radical (unpaired) electrons. The molecule has 0 aliphatic rings. The van der Waals surface area contributed by atoms with Crippen LogP contribution >= 0.6 is 12.4 Å². The molecule has 0 N–H and O–H groups in total. The number of likely N-dealkylation sites (N-methyl/N-ethyl adjacent to an activating group) is 1. The van der Waals surface area contributed by atoms with E-state index in [0.717, 1.165) is 34.6 Å². The molecule has 0 saturated carbocycles. The first-order valence-electron chi connectivity index (χ1n) is 8.97. The van der Waals surface area contributed by atoms with Crippen molar-refractivity contribution in [2.75, 3.05) is 19.7 Å². The van der Waals surface area contributed by atoms with Crippen molar-refractivity contribution in [3.63, 3.8) is 0 Å². The number of hydrogen-bond donors (Lipinski definition) is 0. The molecule has 0 bridgehead atoms. The van der Waals surface area contributed by atoms with E-state index in [-0.39, 0.29) is 24.4 Å². The maximum absolute atomic E-state index is 12.9. The highest BCUT2D eigenvalue weighted by Crippen LogP contribution is 2.29. The van der Waals surface area contributed by atoms with Crippen LogP contribution in [0.3, 0.4) is 0 Å². The van der Waals surface area contributed by atoms with Crippen molar-refractivity contribution < 1.29 is 9.53 Å². The fourth-order valence-corrected chi connectivity index (χ4v) is 3.45. The van der Waals surface area contributed by atoms with Crippen LogP contribution < -0.4 is 0 Å². The molecule has 3 rings (SSSR count). The number of ether oxygens (including phenoxy) is 1. The van der Waals surface area contributed by atoms with E-state index >= 15 is 0 Å². The van der Waals surface area contributed by atoms with Gasteiger partial charge in [-0.1, -0.05) is 62.4 Å². The Labute approximate surface area is 161 Å². The van der Waals surface area contributed by atoms with E-state index in [2.05, 4.69) is 31.7 Å². The molecular weight excluding hydrogens is 346 g/mol. The Morgan fingerprint density at radius 2 is 1.46 bits per heavy atom. The Bertz CT molecular complexity index is 836. The molecule has 0 amide bonds. The number of benzene rings is 3. The summed E-state index contributed by atoms with van der Waals surface area (Å²) in [5, 5.41) is 4.01. The van der Waals surface area contributed by atoms with Crippen molar-refractivity contribution in [3.05, 3.63) is 60.2 Å². The summed E-state index contributed by atoms with van der Waals surface area (Å²) in [5.74, 6) is -0.244. The first-order valence-corrected chi connectivity index (χ1v) is 8.97. The van der Waals surface area contributed by atoms with Gasteiger partial charge in [0.2, 0.25) is 0 Å². The number of esters is 1. The van der Waals surface area contributed by atoms with Crippen LogP contribution in [-0.2, 0) is 4.74 Å². The third-order valence-electron chi connectivity index (χ3n) is 4.87. The van der Waals surface area contributed by atoms with Crippen LogP contribution in [-0.4, -0.2) is 36.6 Å². The number of hydrogen-bond acceptors (Lipinski definition) is 3. The molecule has 26 heavy (non-hydrogen) atoms. The standard InChI is InChI=1S/C22H25NO2.ClH/c1-4-23(5-2)16(3)15-25-22(24)21-19-12-8-6-10-17(19)14-18-11-7-9-13-20(18)21;/h6-14,16H,4-5,15H2,1-3H3;1H. The molecule has 0 spiro atoms. The largest absolute Gasteiger partial charge is 0.460 e. The van der Waals surface area contributed by atoms with Crippen molar-refractivity contribution in [1.29, 1.82) is 0 Å². The van der Waals surface area contributed by atoms with Crippen molar-refractivity contribution in [1.82, 2.24) is 4.90 Å². The highest BCUT2D eigenvalue weighted by atomic mass is 35.5. The summed E-state index contributed by atoms with van der Waals surface area (Å²) in [5.41, 5.74) is 0.667. The van der Waals surface area contributed by atoms with Gasteiger partial charge in [-0.05, 0) is 47.6 Å². The third kappa shape index (κ3) is 4.00. The third-order valence-corrected chi connectivity index (χ3v) is 4.87. The second-order valence-corrected chi connectivity index (χ2v) is 6.36. The number of fused-ring (bicyclic) bond motifs is 2. The minimum atomic E-state index is -0.244. The summed E-state index contributed by atoms with van der Waals surface area (Å²) < 4.78 is 5.71. The number of halogens is 1. The Balaban J connectivity index is 0.00000243.